The van der Waals surface area contributed by atoms with Crippen molar-refractivity contribution in [2.24, 2.45) is 0 Å². The topological polar surface area (TPSA) is 38.3 Å². The van der Waals surface area contributed by atoms with Crippen LogP contribution in [-0.4, -0.2) is 19.1 Å². The van der Waals surface area contributed by atoms with Crippen LogP contribution >= 0.6 is 0 Å². The number of carbonyl (C=O) groups excluding carboxylic acids is 1. The van der Waals surface area contributed by atoms with Crippen LogP contribution in [0.5, 0.6) is 5.75 Å². The van der Waals surface area contributed by atoms with Crippen molar-refractivity contribution in [3.63, 3.8) is 0 Å². The van der Waals surface area contributed by atoms with Crippen molar-refractivity contribution in [3.8, 4) is 5.75 Å². The van der Waals surface area contributed by atoms with Crippen LogP contribution < -0.4 is 10.1 Å². The Balaban J connectivity index is 2.64. The van der Waals surface area contributed by atoms with Gasteiger partial charge in [0, 0.05) is 12.1 Å². The fourth-order valence-corrected chi connectivity index (χ4v) is 1.27. The minimum absolute atomic E-state index is 0.0837. The van der Waals surface area contributed by atoms with Gasteiger partial charge in [0.05, 0.1) is 6.61 Å². The molecule has 0 aromatic heterocycles. The molecule has 0 fully saturated rings. The summed E-state index contributed by atoms with van der Waals surface area (Å²) < 4.78 is 5.33. The van der Waals surface area contributed by atoms with Crippen LogP contribution in [0.25, 0.3) is 0 Å². The molecule has 3 heteroatoms. The van der Waals surface area contributed by atoms with Gasteiger partial charge in [-0.15, -0.1) is 0 Å². The highest BCUT2D eigenvalue weighted by Gasteiger charge is 2.04. The number of ether oxygens (including phenoxy) is 1. The Kier molecular flexibility index (Phi) is 5.12. The normalized spacial score (nSPS) is 10.4. The highest BCUT2D eigenvalue weighted by atomic mass is 16.5. The molecule has 0 bridgehead atoms. The van der Waals surface area contributed by atoms with Crippen molar-refractivity contribution in [3.05, 3.63) is 42.0 Å². The molecule has 0 atom stereocenters. The maximum Gasteiger partial charge on any atom is 0.251 e. The van der Waals surface area contributed by atoms with Crippen molar-refractivity contribution in [1.29, 1.82) is 0 Å². The van der Waals surface area contributed by atoms with E-state index in [0.29, 0.717) is 18.7 Å². The van der Waals surface area contributed by atoms with Crippen LogP contribution in [0, 0.1) is 0 Å². The van der Waals surface area contributed by atoms with Crippen LogP contribution in [0.15, 0.2) is 36.4 Å². The van der Waals surface area contributed by atoms with E-state index in [4.69, 9.17) is 4.74 Å². The highest BCUT2D eigenvalue weighted by Crippen LogP contribution is 2.12. The van der Waals surface area contributed by atoms with E-state index in [9.17, 15) is 4.79 Å². The number of benzene rings is 1. The molecule has 0 unspecified atom stereocenters. The lowest BCUT2D eigenvalue weighted by atomic mass is 10.2. The number of nitrogens with one attached hydrogen (secondary N) is 1. The van der Waals surface area contributed by atoms with E-state index in [0.717, 1.165) is 5.75 Å². The zero-order valence-corrected chi connectivity index (χ0v) is 9.69. The summed E-state index contributed by atoms with van der Waals surface area (Å²) in [5, 5.41) is 2.79. The summed E-state index contributed by atoms with van der Waals surface area (Å²) in [6.07, 6.45) is 3.79. The van der Waals surface area contributed by atoms with Crippen LogP contribution in [0.3, 0.4) is 0 Å². The van der Waals surface area contributed by atoms with Crippen LogP contribution in [0.1, 0.15) is 24.2 Å². The van der Waals surface area contributed by atoms with E-state index in [1.165, 1.54) is 0 Å². The van der Waals surface area contributed by atoms with Gasteiger partial charge in [-0.1, -0.05) is 18.2 Å². The molecule has 16 heavy (non-hydrogen) atoms. The van der Waals surface area contributed by atoms with Crippen molar-refractivity contribution in [1.82, 2.24) is 5.32 Å². The molecule has 0 aliphatic carbocycles. The number of rotatable bonds is 5. The first kappa shape index (κ1) is 12.3. The van der Waals surface area contributed by atoms with Crippen LogP contribution in [-0.2, 0) is 0 Å². The van der Waals surface area contributed by atoms with Crippen molar-refractivity contribution >= 4 is 5.91 Å². The van der Waals surface area contributed by atoms with E-state index in [1.54, 1.807) is 12.1 Å². The number of hydrogen-bond donors (Lipinski definition) is 1. The Morgan fingerprint density at radius 3 is 3.00 bits per heavy atom. The van der Waals surface area contributed by atoms with Gasteiger partial charge in [-0.05, 0) is 32.0 Å². The molecule has 1 aromatic rings. The standard InChI is InChI=1S/C13H17NO2/c1-3-5-9-14-13(15)11-7-6-8-12(10-11)16-4-2/h3,5-8,10H,4,9H2,1-2H3,(H,14,15)/b5-3+. The Labute approximate surface area is 96.1 Å². The first-order chi connectivity index (χ1) is 7.77. The van der Waals surface area contributed by atoms with E-state index in [-0.39, 0.29) is 5.91 Å². The minimum Gasteiger partial charge on any atom is -0.494 e. The lowest BCUT2D eigenvalue weighted by molar-refractivity contribution is 0.0957. The first-order valence-electron chi connectivity index (χ1n) is 5.40. The van der Waals surface area contributed by atoms with Gasteiger partial charge in [-0.2, -0.15) is 0 Å². The van der Waals surface area contributed by atoms with Gasteiger partial charge in [0.2, 0.25) is 0 Å². The molecule has 0 heterocycles. The number of allylic oxidation sites excluding steroid dienone is 1. The molecule has 1 aromatic carbocycles. The highest BCUT2D eigenvalue weighted by molar-refractivity contribution is 5.94. The van der Waals surface area contributed by atoms with Gasteiger partial charge in [0.25, 0.3) is 5.91 Å². The third-order valence-corrected chi connectivity index (χ3v) is 2.02. The third-order valence-electron chi connectivity index (χ3n) is 2.02. The maximum atomic E-state index is 11.7. The molecule has 0 radical (unpaired) electrons. The van der Waals surface area contributed by atoms with Crippen LogP contribution in [0.4, 0.5) is 0 Å². The average molecular weight is 219 g/mol. The van der Waals surface area contributed by atoms with Gasteiger partial charge in [0.1, 0.15) is 5.75 Å². The molecular formula is C13H17NO2. The first-order valence-corrected chi connectivity index (χ1v) is 5.40. The number of amides is 1. The molecule has 1 amide bonds. The Hall–Kier alpha value is -1.77. The molecule has 0 aliphatic heterocycles. The summed E-state index contributed by atoms with van der Waals surface area (Å²) in [6, 6.07) is 7.17. The van der Waals surface area contributed by atoms with Crippen LogP contribution in [0.2, 0.25) is 0 Å². The Morgan fingerprint density at radius 2 is 2.31 bits per heavy atom. The Morgan fingerprint density at radius 1 is 1.50 bits per heavy atom. The predicted octanol–water partition coefficient (Wildman–Crippen LogP) is 2.39. The summed E-state index contributed by atoms with van der Waals surface area (Å²) in [6.45, 7) is 4.98. The monoisotopic (exact) mass is 219 g/mol. The van der Waals surface area contributed by atoms with Crippen molar-refractivity contribution in [2.45, 2.75) is 13.8 Å². The van der Waals surface area contributed by atoms with Gasteiger partial charge < -0.3 is 10.1 Å². The molecular weight excluding hydrogens is 202 g/mol. The molecule has 0 spiro atoms. The minimum atomic E-state index is -0.0837. The second kappa shape index (κ2) is 6.67. The molecule has 0 saturated heterocycles. The van der Waals surface area contributed by atoms with Gasteiger partial charge >= 0.3 is 0 Å². The molecule has 1 rings (SSSR count). The molecule has 1 N–H and O–H groups in total. The lowest BCUT2D eigenvalue weighted by Crippen LogP contribution is -2.23. The number of hydrogen-bond acceptors (Lipinski definition) is 2. The van der Waals surface area contributed by atoms with Gasteiger partial charge in [0.15, 0.2) is 0 Å². The number of carbonyl (C=O) groups is 1. The quantitative estimate of drug-likeness (QED) is 0.772. The largest absolute Gasteiger partial charge is 0.494 e. The zero-order valence-electron chi connectivity index (χ0n) is 9.69. The van der Waals surface area contributed by atoms with E-state index >= 15 is 0 Å². The van der Waals surface area contributed by atoms with E-state index in [1.807, 2.05) is 38.1 Å². The Bertz CT molecular complexity index is 372. The molecule has 0 saturated carbocycles. The summed E-state index contributed by atoms with van der Waals surface area (Å²) in [5.74, 6) is 0.640. The summed E-state index contributed by atoms with van der Waals surface area (Å²) in [7, 11) is 0. The SMILES string of the molecule is C/C=C/CNC(=O)c1cccc(OCC)c1. The molecule has 0 aliphatic rings. The molecule has 86 valence electrons. The second-order valence-electron chi connectivity index (χ2n) is 3.24. The fraction of sp³-hybridized carbons (Fsp3) is 0.308. The maximum absolute atomic E-state index is 11.7. The third kappa shape index (κ3) is 3.77. The molecule has 3 nitrogen and oxygen atoms in total. The van der Waals surface area contributed by atoms with E-state index < -0.39 is 0 Å². The van der Waals surface area contributed by atoms with Crippen molar-refractivity contribution in [2.75, 3.05) is 13.2 Å². The van der Waals surface area contributed by atoms with E-state index in [2.05, 4.69) is 5.32 Å². The summed E-state index contributed by atoms with van der Waals surface area (Å²) in [5.41, 5.74) is 0.621. The average Bonchev–Trinajstić information content (AvgIpc) is 2.30. The summed E-state index contributed by atoms with van der Waals surface area (Å²) >= 11 is 0. The fourth-order valence-electron chi connectivity index (χ4n) is 1.27. The second-order valence-corrected chi connectivity index (χ2v) is 3.24. The summed E-state index contributed by atoms with van der Waals surface area (Å²) in [4.78, 5) is 11.7. The smallest absolute Gasteiger partial charge is 0.251 e. The van der Waals surface area contributed by atoms with Crippen molar-refractivity contribution < 1.29 is 9.53 Å². The lowest BCUT2D eigenvalue weighted by Gasteiger charge is -2.06. The van der Waals surface area contributed by atoms with Gasteiger partial charge in [-0.3, -0.25) is 4.79 Å². The predicted molar refractivity (Wildman–Crippen MR) is 64.8 cm³/mol. The zero-order chi connectivity index (χ0) is 11.8. The van der Waals surface area contributed by atoms with Gasteiger partial charge in [-0.25, -0.2) is 0 Å².